The molecule has 3 aromatic carbocycles. The maximum Gasteiger partial charge on any atom is 0.264 e. The molecule has 220 valence electrons. The Labute approximate surface area is 242 Å². The zero-order valence-electron chi connectivity index (χ0n) is 24.1. The Morgan fingerprint density at radius 3 is 2.22 bits per heavy atom. The standard InChI is InChI=1S/C31H38FN3O5S/c1-6-23(4)33-31(37)24(5)34(20-25-10-8-9-22(3)19-25)30(36)21-35(27-13-15-28(16-14-27)40-7-2)41(38,39)29-17-11-26(32)12-18-29/h8-19,23-24H,6-7,20-21H2,1-5H3,(H,33,37)/t23-,24+/m0/s1. The van der Waals surface area contributed by atoms with Crippen molar-refractivity contribution >= 4 is 27.5 Å². The molecule has 0 heterocycles. The summed E-state index contributed by atoms with van der Waals surface area (Å²) in [5.74, 6) is -0.955. The van der Waals surface area contributed by atoms with Crippen LogP contribution >= 0.6 is 0 Å². The molecule has 0 saturated carbocycles. The zero-order chi connectivity index (χ0) is 30.2. The number of carbonyl (C=O) groups excluding carboxylic acids is 2. The fourth-order valence-corrected chi connectivity index (χ4v) is 5.61. The Kier molecular flexibility index (Phi) is 10.9. The summed E-state index contributed by atoms with van der Waals surface area (Å²) in [5.41, 5.74) is 2.01. The second kappa shape index (κ2) is 14.1. The molecule has 0 spiro atoms. The number of nitrogens with zero attached hydrogens (tertiary/aromatic N) is 2. The van der Waals surface area contributed by atoms with Gasteiger partial charge in [-0.05, 0) is 88.2 Å². The average molecular weight is 584 g/mol. The third-order valence-corrected chi connectivity index (χ3v) is 8.51. The number of sulfonamides is 1. The molecule has 0 aliphatic heterocycles. The highest BCUT2D eigenvalue weighted by atomic mass is 32.2. The SMILES string of the molecule is CCOc1ccc(N(CC(=O)N(Cc2cccc(C)c2)[C@H](C)C(=O)N[C@@H](C)CC)S(=O)(=O)c2ccc(F)cc2)cc1. The van der Waals surface area contributed by atoms with Crippen LogP contribution in [0.25, 0.3) is 0 Å². The van der Waals surface area contributed by atoms with E-state index in [1.165, 1.54) is 4.90 Å². The second-order valence-corrected chi connectivity index (χ2v) is 11.8. The topological polar surface area (TPSA) is 96.0 Å². The van der Waals surface area contributed by atoms with Gasteiger partial charge in [-0.25, -0.2) is 12.8 Å². The summed E-state index contributed by atoms with van der Waals surface area (Å²) in [7, 11) is -4.30. The van der Waals surface area contributed by atoms with Gasteiger partial charge in [-0.3, -0.25) is 13.9 Å². The number of anilines is 1. The van der Waals surface area contributed by atoms with Gasteiger partial charge in [0, 0.05) is 12.6 Å². The van der Waals surface area contributed by atoms with Gasteiger partial charge in [0.2, 0.25) is 11.8 Å². The van der Waals surface area contributed by atoms with Crippen LogP contribution in [0.5, 0.6) is 5.75 Å². The van der Waals surface area contributed by atoms with Crippen molar-refractivity contribution in [1.29, 1.82) is 0 Å². The Hall–Kier alpha value is -3.92. The van der Waals surface area contributed by atoms with E-state index in [-0.39, 0.29) is 29.1 Å². The fraction of sp³-hybridized carbons (Fsp3) is 0.355. The number of benzene rings is 3. The summed E-state index contributed by atoms with van der Waals surface area (Å²) >= 11 is 0. The van der Waals surface area contributed by atoms with Crippen LogP contribution < -0.4 is 14.4 Å². The fourth-order valence-electron chi connectivity index (χ4n) is 4.19. The van der Waals surface area contributed by atoms with Crippen LogP contribution in [0, 0.1) is 12.7 Å². The van der Waals surface area contributed by atoms with Gasteiger partial charge in [-0.15, -0.1) is 0 Å². The summed E-state index contributed by atoms with van der Waals surface area (Å²) in [6, 6.07) is 17.3. The van der Waals surface area contributed by atoms with Crippen LogP contribution in [0.2, 0.25) is 0 Å². The summed E-state index contributed by atoms with van der Waals surface area (Å²) in [4.78, 5) is 28.3. The van der Waals surface area contributed by atoms with E-state index in [0.717, 1.165) is 39.7 Å². The molecule has 8 nitrogen and oxygen atoms in total. The van der Waals surface area contributed by atoms with Crippen LogP contribution in [0.1, 0.15) is 45.2 Å². The molecule has 0 aromatic heterocycles. The molecule has 1 N–H and O–H groups in total. The average Bonchev–Trinajstić information content (AvgIpc) is 2.95. The van der Waals surface area contributed by atoms with Gasteiger partial charge in [-0.1, -0.05) is 36.8 Å². The molecule has 10 heteroatoms. The molecular weight excluding hydrogens is 545 g/mol. The number of rotatable bonds is 13. The maximum atomic E-state index is 14.0. The van der Waals surface area contributed by atoms with Crippen molar-refractivity contribution in [2.45, 2.75) is 64.6 Å². The van der Waals surface area contributed by atoms with Gasteiger partial charge in [0.05, 0.1) is 17.2 Å². The van der Waals surface area contributed by atoms with Crippen LogP contribution in [-0.2, 0) is 26.2 Å². The third-order valence-electron chi connectivity index (χ3n) is 6.72. The highest BCUT2D eigenvalue weighted by Gasteiger charge is 2.33. The summed E-state index contributed by atoms with van der Waals surface area (Å²) in [6.07, 6.45) is 0.714. The van der Waals surface area contributed by atoms with Gasteiger partial charge >= 0.3 is 0 Å². The van der Waals surface area contributed by atoms with Crippen LogP contribution in [0.15, 0.2) is 77.7 Å². The Balaban J connectivity index is 2.03. The Bertz CT molecular complexity index is 1430. The Morgan fingerprint density at radius 1 is 0.976 bits per heavy atom. The minimum atomic E-state index is -4.30. The number of amides is 2. The highest BCUT2D eigenvalue weighted by Crippen LogP contribution is 2.27. The lowest BCUT2D eigenvalue weighted by atomic mass is 10.1. The first-order chi connectivity index (χ1) is 19.5. The molecule has 0 fully saturated rings. The quantitative estimate of drug-likeness (QED) is 0.304. The van der Waals surface area contributed by atoms with E-state index in [4.69, 9.17) is 4.74 Å². The van der Waals surface area contributed by atoms with E-state index in [9.17, 15) is 22.4 Å². The minimum absolute atomic E-state index is 0.0971. The van der Waals surface area contributed by atoms with Crippen molar-refractivity contribution in [2.24, 2.45) is 0 Å². The number of carbonyl (C=O) groups is 2. The molecule has 0 aliphatic rings. The maximum absolute atomic E-state index is 14.0. The van der Waals surface area contributed by atoms with Crippen LogP contribution in [-0.4, -0.2) is 50.4 Å². The number of aryl methyl sites for hydroxylation is 1. The summed E-state index contributed by atoms with van der Waals surface area (Å²) in [6.45, 7) is 9.16. The van der Waals surface area contributed by atoms with Crippen molar-refractivity contribution < 1.29 is 27.1 Å². The van der Waals surface area contributed by atoms with Gasteiger partial charge in [-0.2, -0.15) is 0 Å². The number of hydrogen-bond acceptors (Lipinski definition) is 5. The first-order valence-corrected chi connectivity index (χ1v) is 15.1. The van der Waals surface area contributed by atoms with Crippen LogP contribution in [0.3, 0.4) is 0 Å². The molecule has 0 saturated heterocycles. The predicted molar refractivity (Wildman–Crippen MR) is 158 cm³/mol. The molecule has 0 unspecified atom stereocenters. The number of ether oxygens (including phenoxy) is 1. The van der Waals surface area contributed by atoms with E-state index in [2.05, 4.69) is 5.32 Å². The van der Waals surface area contributed by atoms with E-state index < -0.39 is 34.3 Å². The van der Waals surface area contributed by atoms with Gasteiger partial charge in [0.25, 0.3) is 10.0 Å². The van der Waals surface area contributed by atoms with Crippen molar-refractivity contribution in [3.05, 3.63) is 89.7 Å². The van der Waals surface area contributed by atoms with Crippen molar-refractivity contribution in [3.63, 3.8) is 0 Å². The van der Waals surface area contributed by atoms with E-state index in [0.29, 0.717) is 18.8 Å². The molecular formula is C31H38FN3O5S. The first kappa shape index (κ1) is 31.6. The van der Waals surface area contributed by atoms with Crippen molar-refractivity contribution in [2.75, 3.05) is 17.5 Å². The van der Waals surface area contributed by atoms with Gasteiger partial charge in [0.1, 0.15) is 24.2 Å². The van der Waals surface area contributed by atoms with E-state index >= 15 is 0 Å². The molecule has 0 aliphatic carbocycles. The minimum Gasteiger partial charge on any atom is -0.494 e. The third kappa shape index (κ3) is 8.29. The molecule has 0 bridgehead atoms. The van der Waals surface area contributed by atoms with E-state index in [1.807, 2.05) is 52.0 Å². The van der Waals surface area contributed by atoms with Gasteiger partial charge in [0.15, 0.2) is 0 Å². The molecule has 0 radical (unpaired) electrons. The monoisotopic (exact) mass is 583 g/mol. The smallest absolute Gasteiger partial charge is 0.264 e. The summed E-state index contributed by atoms with van der Waals surface area (Å²) < 4.78 is 47.7. The summed E-state index contributed by atoms with van der Waals surface area (Å²) in [5, 5.41) is 2.91. The number of hydrogen-bond donors (Lipinski definition) is 1. The van der Waals surface area contributed by atoms with Crippen LogP contribution in [0.4, 0.5) is 10.1 Å². The zero-order valence-corrected chi connectivity index (χ0v) is 24.9. The lowest BCUT2D eigenvalue weighted by molar-refractivity contribution is -0.139. The Morgan fingerprint density at radius 2 is 1.63 bits per heavy atom. The first-order valence-electron chi connectivity index (χ1n) is 13.6. The molecule has 2 amide bonds. The largest absolute Gasteiger partial charge is 0.494 e. The van der Waals surface area contributed by atoms with E-state index in [1.54, 1.807) is 31.2 Å². The van der Waals surface area contributed by atoms with Gasteiger partial charge < -0.3 is 15.0 Å². The highest BCUT2D eigenvalue weighted by molar-refractivity contribution is 7.92. The lowest BCUT2D eigenvalue weighted by Crippen LogP contribution is -2.52. The number of nitrogens with one attached hydrogen (secondary N) is 1. The number of halogens is 1. The normalized spacial score (nSPS) is 12.7. The van der Waals surface area contributed by atoms with Crippen molar-refractivity contribution in [1.82, 2.24) is 10.2 Å². The molecule has 3 rings (SSSR count). The molecule has 41 heavy (non-hydrogen) atoms. The molecule has 2 atom stereocenters. The predicted octanol–water partition coefficient (Wildman–Crippen LogP) is 5.06. The molecule has 3 aromatic rings. The van der Waals surface area contributed by atoms with Crippen molar-refractivity contribution in [3.8, 4) is 5.75 Å². The second-order valence-electron chi connectivity index (χ2n) is 9.90. The lowest BCUT2D eigenvalue weighted by Gasteiger charge is -2.32.